The molecule has 0 aromatic rings. The Morgan fingerprint density at radius 3 is 2.93 bits per heavy atom. The molecule has 84 valence electrons. The molecule has 1 aliphatic rings. The molecule has 6 nitrogen and oxygen atoms in total. The largest absolute Gasteiger partial charge is 0.478 e. The number of nitrogens with zero attached hydrogens (tertiary/aromatic N) is 1. The predicted molar refractivity (Wildman–Crippen MR) is 52.1 cm³/mol. The average Bonchev–Trinajstić information content (AvgIpc) is 2.50. The SMILES string of the molecule is CC(=CN1C(=O)NCC1CCO)C(=O)O. The van der Waals surface area contributed by atoms with Crippen molar-refractivity contribution in [3.8, 4) is 0 Å². The minimum Gasteiger partial charge on any atom is -0.478 e. The van der Waals surface area contributed by atoms with Crippen molar-refractivity contribution in [1.82, 2.24) is 10.2 Å². The van der Waals surface area contributed by atoms with Crippen LogP contribution in [0.25, 0.3) is 0 Å². The van der Waals surface area contributed by atoms with E-state index in [4.69, 9.17) is 10.2 Å². The van der Waals surface area contributed by atoms with Crippen molar-refractivity contribution in [2.24, 2.45) is 0 Å². The number of hydrogen-bond donors (Lipinski definition) is 3. The molecule has 1 atom stereocenters. The fraction of sp³-hybridized carbons (Fsp3) is 0.556. The summed E-state index contributed by atoms with van der Waals surface area (Å²) in [5.74, 6) is -1.06. The van der Waals surface area contributed by atoms with Gasteiger partial charge in [-0.3, -0.25) is 4.90 Å². The maximum Gasteiger partial charge on any atom is 0.332 e. The number of carbonyl (C=O) groups is 2. The number of hydrogen-bond acceptors (Lipinski definition) is 3. The van der Waals surface area contributed by atoms with E-state index in [1.807, 2.05) is 0 Å². The Morgan fingerprint density at radius 1 is 1.73 bits per heavy atom. The standard InChI is InChI=1S/C9H14N2O4/c1-6(8(13)14)5-11-7(2-3-12)4-10-9(11)15/h5,7,12H,2-4H2,1H3,(H,10,15)(H,13,14). The van der Waals surface area contributed by atoms with Gasteiger partial charge in [0.05, 0.1) is 11.6 Å². The summed E-state index contributed by atoms with van der Waals surface area (Å²) in [7, 11) is 0. The van der Waals surface area contributed by atoms with Crippen LogP contribution >= 0.6 is 0 Å². The zero-order valence-electron chi connectivity index (χ0n) is 8.43. The molecule has 0 spiro atoms. The summed E-state index contributed by atoms with van der Waals surface area (Å²) in [4.78, 5) is 23.2. The highest BCUT2D eigenvalue weighted by Gasteiger charge is 2.29. The number of nitrogens with one attached hydrogen (secondary N) is 1. The van der Waals surface area contributed by atoms with Gasteiger partial charge in [0, 0.05) is 19.4 Å². The van der Waals surface area contributed by atoms with Crippen LogP contribution in [0.4, 0.5) is 4.79 Å². The molecule has 2 amide bonds. The van der Waals surface area contributed by atoms with E-state index in [0.29, 0.717) is 13.0 Å². The van der Waals surface area contributed by atoms with Gasteiger partial charge in [-0.2, -0.15) is 0 Å². The van der Waals surface area contributed by atoms with Gasteiger partial charge in [-0.25, -0.2) is 9.59 Å². The van der Waals surface area contributed by atoms with Gasteiger partial charge in [0.15, 0.2) is 0 Å². The van der Waals surface area contributed by atoms with Crippen molar-refractivity contribution in [2.75, 3.05) is 13.2 Å². The second-order valence-electron chi connectivity index (χ2n) is 3.38. The van der Waals surface area contributed by atoms with Crippen LogP contribution in [0, 0.1) is 0 Å². The molecule has 1 fully saturated rings. The maximum absolute atomic E-state index is 11.3. The van der Waals surface area contributed by atoms with Gasteiger partial charge in [0.25, 0.3) is 0 Å². The summed E-state index contributed by atoms with van der Waals surface area (Å²) in [5.41, 5.74) is 0.0926. The van der Waals surface area contributed by atoms with E-state index in [0.717, 1.165) is 0 Å². The van der Waals surface area contributed by atoms with Crippen LogP contribution in [0.3, 0.4) is 0 Å². The van der Waals surface area contributed by atoms with Gasteiger partial charge in [-0.15, -0.1) is 0 Å². The first kappa shape index (κ1) is 11.5. The van der Waals surface area contributed by atoms with Crippen LogP contribution in [-0.2, 0) is 4.79 Å². The molecular formula is C9H14N2O4. The van der Waals surface area contributed by atoms with Crippen molar-refractivity contribution in [3.05, 3.63) is 11.8 Å². The first-order valence-corrected chi connectivity index (χ1v) is 4.65. The zero-order chi connectivity index (χ0) is 11.4. The molecule has 15 heavy (non-hydrogen) atoms. The number of aliphatic carboxylic acids is 1. The number of carboxylic acid groups (broad SMARTS) is 1. The van der Waals surface area contributed by atoms with Gasteiger partial charge < -0.3 is 15.5 Å². The van der Waals surface area contributed by atoms with E-state index in [1.165, 1.54) is 18.0 Å². The topological polar surface area (TPSA) is 89.9 Å². The third-order valence-corrected chi connectivity index (χ3v) is 2.25. The highest BCUT2D eigenvalue weighted by molar-refractivity contribution is 5.87. The van der Waals surface area contributed by atoms with E-state index in [2.05, 4.69) is 5.32 Å². The second kappa shape index (κ2) is 4.79. The zero-order valence-corrected chi connectivity index (χ0v) is 8.43. The van der Waals surface area contributed by atoms with Crippen molar-refractivity contribution in [3.63, 3.8) is 0 Å². The fourth-order valence-electron chi connectivity index (χ4n) is 1.38. The third kappa shape index (κ3) is 2.69. The van der Waals surface area contributed by atoms with Crippen LogP contribution in [-0.4, -0.2) is 46.3 Å². The molecule has 1 unspecified atom stereocenters. The second-order valence-corrected chi connectivity index (χ2v) is 3.38. The van der Waals surface area contributed by atoms with Crippen LogP contribution in [0.15, 0.2) is 11.8 Å². The Balaban J connectivity index is 2.76. The number of aliphatic hydroxyl groups excluding tert-OH is 1. The molecule has 3 N–H and O–H groups in total. The highest BCUT2D eigenvalue weighted by atomic mass is 16.4. The number of amides is 2. The highest BCUT2D eigenvalue weighted by Crippen LogP contribution is 2.12. The van der Waals surface area contributed by atoms with E-state index in [9.17, 15) is 9.59 Å². The average molecular weight is 214 g/mol. The first-order chi connectivity index (χ1) is 7.06. The molecule has 0 bridgehead atoms. The van der Waals surface area contributed by atoms with E-state index in [1.54, 1.807) is 0 Å². The van der Waals surface area contributed by atoms with Crippen molar-refractivity contribution in [1.29, 1.82) is 0 Å². The minimum atomic E-state index is -1.06. The molecule has 0 aromatic heterocycles. The van der Waals surface area contributed by atoms with Crippen molar-refractivity contribution < 1.29 is 19.8 Å². The molecule has 0 aliphatic carbocycles. The number of carbonyl (C=O) groups excluding carboxylic acids is 1. The molecule has 1 aliphatic heterocycles. The summed E-state index contributed by atoms with van der Waals surface area (Å²) in [6, 6.07) is -0.495. The monoisotopic (exact) mass is 214 g/mol. The molecule has 1 heterocycles. The molecule has 0 aromatic carbocycles. The Bertz CT molecular complexity index is 300. The number of urea groups is 1. The molecule has 1 rings (SSSR count). The Kier molecular flexibility index (Phi) is 3.68. The maximum atomic E-state index is 11.3. The Morgan fingerprint density at radius 2 is 2.40 bits per heavy atom. The third-order valence-electron chi connectivity index (χ3n) is 2.25. The lowest BCUT2D eigenvalue weighted by Gasteiger charge is -2.18. The molecule has 0 radical (unpaired) electrons. The minimum absolute atomic E-state index is 0.0317. The predicted octanol–water partition coefficient (Wildman–Crippen LogP) is -0.249. The van der Waals surface area contributed by atoms with Crippen LogP contribution < -0.4 is 5.32 Å². The van der Waals surface area contributed by atoms with Gasteiger partial charge in [-0.1, -0.05) is 0 Å². The number of rotatable bonds is 4. The fourth-order valence-corrected chi connectivity index (χ4v) is 1.38. The van der Waals surface area contributed by atoms with Crippen LogP contribution in [0.1, 0.15) is 13.3 Å². The summed E-state index contributed by atoms with van der Waals surface area (Å²) in [6.07, 6.45) is 1.73. The summed E-state index contributed by atoms with van der Waals surface area (Å²) in [5, 5.41) is 20.0. The Labute approximate surface area is 87.2 Å². The van der Waals surface area contributed by atoms with E-state index >= 15 is 0 Å². The number of aliphatic hydroxyl groups is 1. The van der Waals surface area contributed by atoms with Gasteiger partial charge in [0.2, 0.25) is 0 Å². The molecule has 0 saturated carbocycles. The smallest absolute Gasteiger partial charge is 0.332 e. The number of carboxylic acids is 1. The molecule has 6 heteroatoms. The quantitative estimate of drug-likeness (QED) is 0.563. The van der Waals surface area contributed by atoms with Crippen LogP contribution in [0.5, 0.6) is 0 Å². The van der Waals surface area contributed by atoms with Crippen molar-refractivity contribution in [2.45, 2.75) is 19.4 Å². The summed E-state index contributed by atoms with van der Waals surface area (Å²) < 4.78 is 0. The van der Waals surface area contributed by atoms with Crippen molar-refractivity contribution >= 4 is 12.0 Å². The molecular weight excluding hydrogens is 200 g/mol. The summed E-state index contributed by atoms with van der Waals surface area (Å²) in [6.45, 7) is 1.82. The normalized spacial score (nSPS) is 21.7. The van der Waals surface area contributed by atoms with E-state index < -0.39 is 5.97 Å². The lowest BCUT2D eigenvalue weighted by Crippen LogP contribution is -2.30. The lowest BCUT2D eigenvalue weighted by atomic mass is 10.2. The Hall–Kier alpha value is -1.56. The van der Waals surface area contributed by atoms with E-state index in [-0.39, 0.29) is 24.3 Å². The van der Waals surface area contributed by atoms with Gasteiger partial charge in [0.1, 0.15) is 0 Å². The molecule has 1 saturated heterocycles. The first-order valence-electron chi connectivity index (χ1n) is 4.65. The van der Waals surface area contributed by atoms with Gasteiger partial charge in [-0.05, 0) is 13.3 Å². The lowest BCUT2D eigenvalue weighted by molar-refractivity contribution is -0.132. The summed E-state index contributed by atoms with van der Waals surface area (Å²) >= 11 is 0. The van der Waals surface area contributed by atoms with Crippen LogP contribution in [0.2, 0.25) is 0 Å². The van der Waals surface area contributed by atoms with Gasteiger partial charge >= 0.3 is 12.0 Å².